The van der Waals surface area contributed by atoms with Crippen LogP contribution in [0.15, 0.2) is 288 Å². The summed E-state index contributed by atoms with van der Waals surface area (Å²) < 4.78 is 12.9. The van der Waals surface area contributed by atoms with E-state index in [9.17, 15) is 0 Å². The third-order valence-electron chi connectivity index (χ3n) is 17.1. The predicted molar refractivity (Wildman–Crippen MR) is 339 cm³/mol. The van der Waals surface area contributed by atoms with E-state index in [4.69, 9.17) is 8.83 Å². The van der Waals surface area contributed by atoms with Crippen molar-refractivity contribution in [2.24, 2.45) is 0 Å². The molecule has 17 rings (SSSR count). The van der Waals surface area contributed by atoms with Crippen LogP contribution in [-0.4, -0.2) is 0 Å². The van der Waals surface area contributed by atoms with E-state index in [1.165, 1.54) is 120 Å². The summed E-state index contributed by atoms with van der Waals surface area (Å²) in [5.74, 6) is 0. The molecule has 0 spiro atoms. The second-order valence-corrected chi connectivity index (χ2v) is 21.3. The van der Waals surface area contributed by atoms with E-state index in [2.05, 4.69) is 267 Å². The van der Waals surface area contributed by atoms with Gasteiger partial charge in [0, 0.05) is 21.5 Å². The van der Waals surface area contributed by atoms with Crippen molar-refractivity contribution in [1.29, 1.82) is 0 Å². The minimum absolute atomic E-state index is 0.899. The van der Waals surface area contributed by atoms with Crippen molar-refractivity contribution in [1.82, 2.24) is 0 Å². The van der Waals surface area contributed by atoms with E-state index >= 15 is 0 Å². The number of rotatable bonds is 6. The maximum Gasteiger partial charge on any atom is 0.136 e. The number of para-hydroxylation sites is 2. The van der Waals surface area contributed by atoms with Gasteiger partial charge in [-0.3, -0.25) is 0 Å². The van der Waals surface area contributed by atoms with Crippen LogP contribution < -0.4 is 0 Å². The first kappa shape index (κ1) is 44.6. The number of furan rings is 2. The van der Waals surface area contributed by atoms with Crippen LogP contribution in [0.3, 0.4) is 0 Å². The molecule has 0 aliphatic rings. The van der Waals surface area contributed by atoms with Crippen molar-refractivity contribution in [2.45, 2.75) is 0 Å². The van der Waals surface area contributed by atoms with Crippen molar-refractivity contribution in [3.8, 4) is 66.8 Å². The molecule has 2 heteroatoms. The van der Waals surface area contributed by atoms with Gasteiger partial charge < -0.3 is 8.83 Å². The van der Waals surface area contributed by atoms with Crippen LogP contribution in [0, 0.1) is 0 Å². The number of hydrogen-bond acceptors (Lipinski definition) is 2. The topological polar surface area (TPSA) is 26.3 Å². The summed E-state index contributed by atoms with van der Waals surface area (Å²) in [6, 6.07) is 102. The zero-order valence-corrected chi connectivity index (χ0v) is 43.4. The van der Waals surface area contributed by atoms with Crippen LogP contribution in [0.25, 0.3) is 175 Å². The van der Waals surface area contributed by atoms with Crippen LogP contribution in [0.4, 0.5) is 0 Å². The minimum atomic E-state index is 0.899. The van der Waals surface area contributed by atoms with Crippen LogP contribution in [-0.2, 0) is 0 Å². The quantitative estimate of drug-likeness (QED) is 0.123. The molecule has 2 nitrogen and oxygen atoms in total. The van der Waals surface area contributed by atoms with Gasteiger partial charge in [0.25, 0.3) is 0 Å². The van der Waals surface area contributed by atoms with Crippen LogP contribution >= 0.6 is 0 Å². The molecule has 0 aliphatic carbocycles. The third-order valence-corrected chi connectivity index (χ3v) is 17.1. The maximum atomic E-state index is 6.46. The van der Waals surface area contributed by atoms with Crippen molar-refractivity contribution in [3.63, 3.8) is 0 Å². The monoisotopic (exact) mass is 1010 g/mol. The van der Waals surface area contributed by atoms with Gasteiger partial charge >= 0.3 is 0 Å². The molecule has 0 unspecified atom stereocenters. The second-order valence-electron chi connectivity index (χ2n) is 21.3. The summed E-state index contributed by atoms with van der Waals surface area (Å²) in [5, 5.41) is 19.2. The maximum absolute atomic E-state index is 6.46. The molecule has 2 heterocycles. The first-order valence-corrected chi connectivity index (χ1v) is 27.5. The Hall–Kier alpha value is -10.5. The second kappa shape index (κ2) is 17.5. The van der Waals surface area contributed by atoms with Gasteiger partial charge in [-0.1, -0.05) is 231 Å². The molecular weight excluding hydrogens is 969 g/mol. The normalized spacial score (nSPS) is 12.0. The lowest BCUT2D eigenvalue weighted by atomic mass is 9.83. The molecule has 0 saturated heterocycles. The van der Waals surface area contributed by atoms with E-state index in [1.807, 2.05) is 12.1 Å². The van der Waals surface area contributed by atoms with Gasteiger partial charge in [-0.15, -0.1) is 0 Å². The van der Waals surface area contributed by atoms with E-state index < -0.39 is 0 Å². The van der Waals surface area contributed by atoms with Crippen molar-refractivity contribution in [3.05, 3.63) is 279 Å². The fourth-order valence-electron chi connectivity index (χ4n) is 13.5. The lowest BCUT2D eigenvalue weighted by Gasteiger charge is -2.20. The minimum Gasteiger partial charge on any atom is -0.456 e. The summed E-state index contributed by atoms with van der Waals surface area (Å²) in [6.07, 6.45) is 0. The Morgan fingerprint density at radius 3 is 1.02 bits per heavy atom. The summed E-state index contributed by atoms with van der Waals surface area (Å²) in [4.78, 5) is 0. The highest BCUT2D eigenvalue weighted by Crippen LogP contribution is 2.50. The summed E-state index contributed by atoms with van der Waals surface area (Å²) in [7, 11) is 0. The number of fused-ring (bicyclic) bond motifs is 13. The lowest BCUT2D eigenvalue weighted by Crippen LogP contribution is -1.93. The first-order chi connectivity index (χ1) is 39.7. The Kier molecular flexibility index (Phi) is 9.75. The predicted octanol–water partition coefficient (Wildman–Crippen LogP) is 22.4. The van der Waals surface area contributed by atoms with Crippen molar-refractivity contribution < 1.29 is 8.83 Å². The molecule has 80 heavy (non-hydrogen) atoms. The first-order valence-electron chi connectivity index (χ1n) is 27.5. The van der Waals surface area contributed by atoms with Gasteiger partial charge in [-0.25, -0.2) is 0 Å². The summed E-state index contributed by atoms with van der Waals surface area (Å²) >= 11 is 0. The number of hydrogen-bond donors (Lipinski definition) is 0. The molecular formula is C78H46O2. The molecule has 17 aromatic rings. The average Bonchev–Trinajstić information content (AvgIpc) is 4.18. The van der Waals surface area contributed by atoms with E-state index in [-0.39, 0.29) is 0 Å². The Morgan fingerprint density at radius 2 is 0.512 bits per heavy atom. The van der Waals surface area contributed by atoms with Crippen molar-refractivity contribution in [2.75, 3.05) is 0 Å². The van der Waals surface area contributed by atoms with Gasteiger partial charge in [-0.05, 0) is 180 Å². The van der Waals surface area contributed by atoms with Gasteiger partial charge in [0.15, 0.2) is 0 Å². The van der Waals surface area contributed by atoms with Gasteiger partial charge in [-0.2, -0.15) is 0 Å². The Morgan fingerprint density at radius 1 is 0.163 bits per heavy atom. The SMILES string of the molecule is c1ccc(-c2c3ccccc3c(-c3ccc4c(c3)oc3ccccc34)c3ccccc23)c(-c2ccc(-c3ccc4c(-c5c6ccccc6c(-c6ccc7c(c6)oc6ccccc67)c6ccccc56)cc5ccccc5c4c3)cc2)c1. The largest absolute Gasteiger partial charge is 0.456 e. The highest BCUT2D eigenvalue weighted by Gasteiger charge is 2.23. The molecule has 0 fully saturated rings. The highest BCUT2D eigenvalue weighted by molar-refractivity contribution is 6.27. The summed E-state index contributed by atoms with van der Waals surface area (Å²) in [5.41, 5.74) is 18.0. The zero-order valence-electron chi connectivity index (χ0n) is 43.4. The van der Waals surface area contributed by atoms with Gasteiger partial charge in [0.2, 0.25) is 0 Å². The third kappa shape index (κ3) is 6.73. The molecule has 0 atom stereocenters. The standard InChI is InChI=1S/C78H46O2/c1-2-19-54-50(17-1)44-70(78-67-29-11-7-25-63(67)76(64-26-8-12-30-68(64)78)52-39-42-59-57-21-14-16-32-72(57)80-74(59)46-52)55-40-37-49(43-69(54)55)47-33-35-48(36-34-47)53-18-3-4-22-60(53)77-65-27-9-5-23-61(65)75(62-24-6-10-28-66(62)77)51-38-41-58-56-20-13-15-31-71(56)79-73(58)45-51/h1-46H. The van der Waals surface area contributed by atoms with E-state index in [0.717, 1.165) is 55.0 Å². The number of benzene rings is 15. The smallest absolute Gasteiger partial charge is 0.136 e. The fourth-order valence-corrected chi connectivity index (χ4v) is 13.5. The van der Waals surface area contributed by atoms with Crippen LogP contribution in [0.5, 0.6) is 0 Å². The molecule has 2 aromatic heterocycles. The lowest BCUT2D eigenvalue weighted by molar-refractivity contribution is 0.668. The van der Waals surface area contributed by atoms with Gasteiger partial charge in [0.1, 0.15) is 22.3 Å². The summed E-state index contributed by atoms with van der Waals surface area (Å²) in [6.45, 7) is 0. The average molecular weight is 1020 g/mol. The zero-order chi connectivity index (χ0) is 52.4. The highest BCUT2D eigenvalue weighted by atomic mass is 16.3. The molecule has 0 aliphatic heterocycles. The molecule has 0 saturated carbocycles. The Labute approximate surface area is 460 Å². The molecule has 370 valence electrons. The van der Waals surface area contributed by atoms with Crippen LogP contribution in [0.2, 0.25) is 0 Å². The Balaban J connectivity index is 0.789. The van der Waals surface area contributed by atoms with E-state index in [1.54, 1.807) is 0 Å². The molecule has 0 N–H and O–H groups in total. The Bertz CT molecular complexity index is 5310. The molecule has 0 bridgehead atoms. The van der Waals surface area contributed by atoms with E-state index in [0.29, 0.717) is 0 Å². The van der Waals surface area contributed by atoms with Crippen LogP contribution in [0.1, 0.15) is 0 Å². The molecule has 15 aromatic carbocycles. The van der Waals surface area contributed by atoms with Crippen molar-refractivity contribution >= 4 is 109 Å². The molecule has 0 radical (unpaired) electrons. The fraction of sp³-hybridized carbons (Fsp3) is 0. The molecule has 0 amide bonds. The van der Waals surface area contributed by atoms with Gasteiger partial charge in [0.05, 0.1) is 0 Å².